The van der Waals surface area contributed by atoms with E-state index in [1.807, 2.05) is 0 Å². The standard InChI is InChI=1S/C13H9BrF3N3/c1-7-12(14)8(2)20(19-7)11-4-3-10(13(15,16)17)5-9(11)6-18/h3-5H,1-2H3. The average Bonchev–Trinajstić information content (AvgIpc) is 2.64. The summed E-state index contributed by atoms with van der Waals surface area (Å²) in [5.41, 5.74) is 0.827. The lowest BCUT2D eigenvalue weighted by Gasteiger charge is -2.11. The van der Waals surface area contributed by atoms with Gasteiger partial charge < -0.3 is 0 Å². The highest BCUT2D eigenvalue weighted by atomic mass is 79.9. The summed E-state index contributed by atoms with van der Waals surface area (Å²) in [6, 6.07) is 4.82. The highest BCUT2D eigenvalue weighted by Gasteiger charge is 2.31. The second-order valence-corrected chi connectivity index (χ2v) is 5.03. The molecule has 0 spiro atoms. The van der Waals surface area contributed by atoms with Crippen molar-refractivity contribution in [2.75, 3.05) is 0 Å². The first-order valence-electron chi connectivity index (χ1n) is 5.59. The summed E-state index contributed by atoms with van der Waals surface area (Å²) in [4.78, 5) is 0. The summed E-state index contributed by atoms with van der Waals surface area (Å²) in [5, 5.41) is 13.3. The number of aryl methyl sites for hydroxylation is 1. The van der Waals surface area contributed by atoms with Gasteiger partial charge in [-0.2, -0.15) is 23.5 Å². The third kappa shape index (κ3) is 2.43. The molecule has 1 aromatic heterocycles. The summed E-state index contributed by atoms with van der Waals surface area (Å²) in [5.74, 6) is 0. The first kappa shape index (κ1) is 14.6. The largest absolute Gasteiger partial charge is 0.416 e. The van der Waals surface area contributed by atoms with Crippen molar-refractivity contribution in [3.05, 3.63) is 45.2 Å². The number of aromatic nitrogens is 2. The molecule has 7 heteroatoms. The van der Waals surface area contributed by atoms with Gasteiger partial charge in [0.2, 0.25) is 0 Å². The van der Waals surface area contributed by atoms with Gasteiger partial charge in [-0.3, -0.25) is 0 Å². The molecule has 0 atom stereocenters. The molecule has 0 aliphatic carbocycles. The maximum atomic E-state index is 12.6. The molecule has 1 aromatic carbocycles. The van der Waals surface area contributed by atoms with Crippen LogP contribution < -0.4 is 0 Å². The Morgan fingerprint density at radius 3 is 2.40 bits per heavy atom. The van der Waals surface area contributed by atoms with Crippen molar-refractivity contribution in [2.24, 2.45) is 0 Å². The van der Waals surface area contributed by atoms with E-state index in [2.05, 4.69) is 21.0 Å². The minimum Gasteiger partial charge on any atom is -0.235 e. The van der Waals surface area contributed by atoms with Crippen LogP contribution in [0.2, 0.25) is 0 Å². The van der Waals surface area contributed by atoms with E-state index in [1.165, 1.54) is 10.7 Å². The van der Waals surface area contributed by atoms with Gasteiger partial charge in [-0.1, -0.05) is 0 Å². The van der Waals surface area contributed by atoms with Gasteiger partial charge in [0.15, 0.2) is 0 Å². The number of hydrogen-bond acceptors (Lipinski definition) is 2. The van der Waals surface area contributed by atoms with Crippen LogP contribution in [0.15, 0.2) is 22.7 Å². The quantitative estimate of drug-likeness (QED) is 0.780. The zero-order valence-corrected chi connectivity index (χ0v) is 12.2. The molecule has 1 heterocycles. The highest BCUT2D eigenvalue weighted by Crippen LogP contribution is 2.32. The van der Waals surface area contributed by atoms with Crippen LogP contribution in [0.1, 0.15) is 22.5 Å². The normalized spacial score (nSPS) is 11.4. The van der Waals surface area contributed by atoms with Crippen LogP contribution in [-0.2, 0) is 6.18 Å². The van der Waals surface area contributed by atoms with E-state index in [-0.39, 0.29) is 5.56 Å². The van der Waals surface area contributed by atoms with Gasteiger partial charge in [0, 0.05) is 0 Å². The molecule has 0 unspecified atom stereocenters. The number of rotatable bonds is 1. The van der Waals surface area contributed by atoms with Crippen LogP contribution in [0.25, 0.3) is 5.69 Å². The fourth-order valence-electron chi connectivity index (χ4n) is 1.84. The summed E-state index contributed by atoms with van der Waals surface area (Å²) >= 11 is 3.34. The van der Waals surface area contributed by atoms with E-state index in [0.29, 0.717) is 11.4 Å². The van der Waals surface area contributed by atoms with Crippen molar-refractivity contribution in [3.63, 3.8) is 0 Å². The Kier molecular flexibility index (Phi) is 3.61. The summed E-state index contributed by atoms with van der Waals surface area (Å²) in [6.07, 6.45) is -4.47. The Hall–Kier alpha value is -1.81. The molecule has 0 saturated heterocycles. The van der Waals surface area contributed by atoms with E-state index < -0.39 is 11.7 Å². The second-order valence-electron chi connectivity index (χ2n) is 4.24. The molecule has 0 bridgehead atoms. The summed E-state index contributed by atoms with van der Waals surface area (Å²) in [6.45, 7) is 3.53. The molecule has 2 rings (SSSR count). The predicted molar refractivity (Wildman–Crippen MR) is 70.5 cm³/mol. The smallest absolute Gasteiger partial charge is 0.235 e. The van der Waals surface area contributed by atoms with Crippen LogP contribution >= 0.6 is 15.9 Å². The average molecular weight is 344 g/mol. The van der Waals surface area contributed by atoms with Crippen LogP contribution in [-0.4, -0.2) is 9.78 Å². The summed E-state index contributed by atoms with van der Waals surface area (Å²) in [7, 11) is 0. The van der Waals surface area contributed by atoms with Crippen molar-refractivity contribution in [2.45, 2.75) is 20.0 Å². The molecule has 20 heavy (non-hydrogen) atoms. The van der Waals surface area contributed by atoms with E-state index in [9.17, 15) is 13.2 Å². The Balaban J connectivity index is 2.64. The van der Waals surface area contributed by atoms with E-state index in [0.717, 1.165) is 22.3 Å². The second kappa shape index (κ2) is 4.94. The Morgan fingerprint density at radius 1 is 1.30 bits per heavy atom. The number of nitriles is 1. The van der Waals surface area contributed by atoms with Gasteiger partial charge >= 0.3 is 6.18 Å². The van der Waals surface area contributed by atoms with Crippen LogP contribution in [0.3, 0.4) is 0 Å². The Bertz CT molecular complexity index is 711. The van der Waals surface area contributed by atoms with Gasteiger partial charge in [0.25, 0.3) is 0 Å². The van der Waals surface area contributed by atoms with Gasteiger partial charge in [-0.25, -0.2) is 4.68 Å². The van der Waals surface area contributed by atoms with Crippen molar-refractivity contribution in [3.8, 4) is 11.8 Å². The first-order chi connectivity index (χ1) is 9.25. The topological polar surface area (TPSA) is 41.6 Å². The van der Waals surface area contributed by atoms with E-state index in [4.69, 9.17) is 5.26 Å². The maximum absolute atomic E-state index is 12.6. The van der Waals surface area contributed by atoms with Crippen LogP contribution in [0, 0.1) is 25.2 Å². The summed E-state index contributed by atoms with van der Waals surface area (Å²) < 4.78 is 40.2. The van der Waals surface area contributed by atoms with Crippen molar-refractivity contribution >= 4 is 15.9 Å². The molecule has 0 aliphatic rings. The van der Waals surface area contributed by atoms with Crippen LogP contribution in [0.5, 0.6) is 0 Å². The van der Waals surface area contributed by atoms with Gasteiger partial charge in [-0.15, -0.1) is 0 Å². The minimum atomic E-state index is -4.47. The fraction of sp³-hybridized carbons (Fsp3) is 0.231. The Morgan fingerprint density at radius 2 is 1.95 bits per heavy atom. The minimum absolute atomic E-state index is 0.0714. The fourth-order valence-corrected chi connectivity index (χ4v) is 2.09. The molecule has 0 radical (unpaired) electrons. The lowest BCUT2D eigenvalue weighted by Crippen LogP contribution is -2.08. The first-order valence-corrected chi connectivity index (χ1v) is 6.38. The number of hydrogen-bond donors (Lipinski definition) is 0. The van der Waals surface area contributed by atoms with E-state index in [1.54, 1.807) is 19.9 Å². The zero-order chi connectivity index (χ0) is 15.1. The highest BCUT2D eigenvalue weighted by molar-refractivity contribution is 9.10. The molecule has 104 valence electrons. The molecule has 2 aromatic rings. The molecular weight excluding hydrogens is 335 g/mol. The van der Waals surface area contributed by atoms with E-state index >= 15 is 0 Å². The monoisotopic (exact) mass is 343 g/mol. The predicted octanol–water partition coefficient (Wildman–Crippen LogP) is 4.14. The number of alkyl halides is 3. The number of benzene rings is 1. The van der Waals surface area contributed by atoms with Crippen molar-refractivity contribution in [1.29, 1.82) is 5.26 Å². The van der Waals surface area contributed by atoms with Gasteiger partial charge in [0.1, 0.15) is 6.07 Å². The molecule has 0 saturated carbocycles. The molecule has 0 aliphatic heterocycles. The molecule has 3 nitrogen and oxygen atoms in total. The third-order valence-electron chi connectivity index (χ3n) is 2.88. The number of nitrogens with zero attached hydrogens (tertiary/aromatic N) is 3. The molecule has 0 amide bonds. The zero-order valence-electron chi connectivity index (χ0n) is 10.6. The molecular formula is C13H9BrF3N3. The van der Waals surface area contributed by atoms with Crippen molar-refractivity contribution in [1.82, 2.24) is 9.78 Å². The Labute approximate surface area is 121 Å². The lowest BCUT2D eigenvalue weighted by molar-refractivity contribution is -0.137. The van der Waals surface area contributed by atoms with Crippen LogP contribution in [0.4, 0.5) is 13.2 Å². The lowest BCUT2D eigenvalue weighted by atomic mass is 10.1. The number of halogens is 4. The SMILES string of the molecule is Cc1nn(-c2ccc(C(F)(F)F)cc2C#N)c(C)c1Br. The van der Waals surface area contributed by atoms with Crippen molar-refractivity contribution < 1.29 is 13.2 Å². The van der Waals surface area contributed by atoms with Gasteiger partial charge in [-0.05, 0) is 48.0 Å². The van der Waals surface area contributed by atoms with Gasteiger partial charge in [0.05, 0.1) is 32.7 Å². The maximum Gasteiger partial charge on any atom is 0.416 e. The molecule has 0 fully saturated rings. The third-order valence-corrected chi connectivity index (χ3v) is 4.02. The molecule has 0 N–H and O–H groups in total.